The summed E-state index contributed by atoms with van der Waals surface area (Å²) in [5, 5.41) is 16.7. The van der Waals surface area contributed by atoms with E-state index in [1.807, 2.05) is 30.3 Å². The Hall–Kier alpha value is -2.63. The zero-order valence-electron chi connectivity index (χ0n) is 12.7. The van der Waals surface area contributed by atoms with Crippen LogP contribution in [0, 0.1) is 5.92 Å². The standard InChI is InChI=1S/C17H17N3O3/c1-20-15-13(14(19-20)10-5-3-2-4-6-10)17(9-12(21)18-15)7-11(8-17)16(22)23/h2-6,11H,7-9H2,1H3,(H,18,21)(H,22,23). The van der Waals surface area contributed by atoms with Crippen molar-refractivity contribution in [3.63, 3.8) is 0 Å². The first kappa shape index (κ1) is 14.0. The van der Waals surface area contributed by atoms with Gasteiger partial charge >= 0.3 is 5.97 Å². The van der Waals surface area contributed by atoms with E-state index < -0.39 is 11.4 Å². The smallest absolute Gasteiger partial charge is 0.306 e. The summed E-state index contributed by atoms with van der Waals surface area (Å²) in [5.41, 5.74) is 2.41. The van der Waals surface area contributed by atoms with E-state index in [9.17, 15) is 14.7 Å². The molecule has 1 spiro atoms. The Bertz CT molecular complexity index is 804. The summed E-state index contributed by atoms with van der Waals surface area (Å²) >= 11 is 0. The first-order valence-electron chi connectivity index (χ1n) is 7.66. The van der Waals surface area contributed by atoms with Gasteiger partial charge in [-0.3, -0.25) is 14.3 Å². The van der Waals surface area contributed by atoms with E-state index >= 15 is 0 Å². The van der Waals surface area contributed by atoms with Gasteiger partial charge in [-0.15, -0.1) is 0 Å². The molecule has 2 aliphatic rings. The number of carboxylic acids is 1. The molecule has 6 heteroatoms. The Labute approximate surface area is 133 Å². The highest BCUT2D eigenvalue weighted by Crippen LogP contribution is 2.56. The molecule has 6 nitrogen and oxygen atoms in total. The zero-order chi connectivity index (χ0) is 16.2. The molecule has 23 heavy (non-hydrogen) atoms. The maximum absolute atomic E-state index is 12.1. The molecule has 118 valence electrons. The highest BCUT2D eigenvalue weighted by atomic mass is 16.4. The minimum Gasteiger partial charge on any atom is -0.481 e. The minimum absolute atomic E-state index is 0.0658. The molecule has 0 atom stereocenters. The largest absolute Gasteiger partial charge is 0.481 e. The molecule has 0 unspecified atom stereocenters. The van der Waals surface area contributed by atoms with Gasteiger partial charge in [-0.1, -0.05) is 30.3 Å². The summed E-state index contributed by atoms with van der Waals surface area (Å²) < 4.78 is 1.69. The van der Waals surface area contributed by atoms with Gasteiger partial charge in [0.15, 0.2) is 0 Å². The van der Waals surface area contributed by atoms with Crippen LogP contribution in [0.2, 0.25) is 0 Å². The van der Waals surface area contributed by atoms with Gasteiger partial charge in [-0.05, 0) is 12.8 Å². The van der Waals surface area contributed by atoms with Gasteiger partial charge in [0.25, 0.3) is 0 Å². The van der Waals surface area contributed by atoms with Crippen LogP contribution in [-0.2, 0) is 22.1 Å². The van der Waals surface area contributed by atoms with E-state index in [2.05, 4.69) is 10.4 Å². The molecule has 1 aromatic carbocycles. The monoisotopic (exact) mass is 311 g/mol. The van der Waals surface area contributed by atoms with Gasteiger partial charge in [-0.2, -0.15) is 5.10 Å². The predicted octanol–water partition coefficient (Wildman–Crippen LogP) is 2.16. The van der Waals surface area contributed by atoms with E-state index in [4.69, 9.17) is 0 Å². The third-order valence-electron chi connectivity index (χ3n) is 5.01. The number of rotatable bonds is 2. The lowest BCUT2D eigenvalue weighted by Crippen LogP contribution is -2.49. The third kappa shape index (κ3) is 1.98. The van der Waals surface area contributed by atoms with Crippen LogP contribution in [0.15, 0.2) is 30.3 Å². The van der Waals surface area contributed by atoms with Gasteiger partial charge in [0.2, 0.25) is 5.91 Å². The molecular formula is C17H17N3O3. The number of carboxylic acid groups (broad SMARTS) is 1. The lowest BCUT2D eigenvalue weighted by molar-refractivity contribution is -0.148. The number of nitrogens with zero attached hydrogens (tertiary/aromatic N) is 2. The van der Waals surface area contributed by atoms with Gasteiger partial charge < -0.3 is 10.4 Å². The number of hydrogen-bond acceptors (Lipinski definition) is 3. The molecule has 1 saturated carbocycles. The Morgan fingerprint density at radius 2 is 2.04 bits per heavy atom. The molecule has 2 heterocycles. The number of amides is 1. The lowest BCUT2D eigenvalue weighted by Gasteiger charge is -2.48. The van der Waals surface area contributed by atoms with Crippen molar-refractivity contribution in [2.45, 2.75) is 24.7 Å². The SMILES string of the molecule is Cn1nc(-c2ccccc2)c2c1NC(=O)CC21CC(C(=O)O)C1. The van der Waals surface area contributed by atoms with Crippen molar-refractivity contribution < 1.29 is 14.7 Å². The Kier molecular flexibility index (Phi) is 2.85. The summed E-state index contributed by atoms with van der Waals surface area (Å²) in [6.45, 7) is 0. The Morgan fingerprint density at radius 3 is 2.70 bits per heavy atom. The van der Waals surface area contributed by atoms with Crippen molar-refractivity contribution in [1.29, 1.82) is 0 Å². The molecule has 0 saturated heterocycles. The van der Waals surface area contributed by atoms with Crippen LogP contribution in [0.3, 0.4) is 0 Å². The van der Waals surface area contributed by atoms with Gasteiger partial charge in [-0.25, -0.2) is 0 Å². The van der Waals surface area contributed by atoms with E-state index in [1.54, 1.807) is 11.7 Å². The average Bonchev–Trinajstić information content (AvgIpc) is 2.82. The third-order valence-corrected chi connectivity index (χ3v) is 5.01. The first-order chi connectivity index (χ1) is 11.0. The summed E-state index contributed by atoms with van der Waals surface area (Å²) in [6, 6.07) is 9.82. The van der Waals surface area contributed by atoms with Crippen LogP contribution in [0.4, 0.5) is 5.82 Å². The van der Waals surface area contributed by atoms with E-state index in [0.717, 1.165) is 16.8 Å². The number of carbonyl (C=O) groups excluding carboxylic acids is 1. The Balaban J connectivity index is 1.86. The second-order valence-corrected chi connectivity index (χ2v) is 6.51. The maximum Gasteiger partial charge on any atom is 0.306 e. The normalized spacial score (nSPS) is 25.6. The van der Waals surface area contributed by atoms with Crippen LogP contribution in [-0.4, -0.2) is 26.8 Å². The summed E-state index contributed by atoms with van der Waals surface area (Å²) in [6.07, 6.45) is 1.32. The molecule has 4 rings (SSSR count). The molecule has 0 radical (unpaired) electrons. The molecule has 1 amide bonds. The van der Waals surface area contributed by atoms with Gasteiger partial charge in [0, 0.05) is 30.0 Å². The van der Waals surface area contributed by atoms with Crippen molar-refractivity contribution in [3.05, 3.63) is 35.9 Å². The number of carbonyl (C=O) groups is 2. The fourth-order valence-electron chi connectivity index (χ4n) is 3.95. The summed E-state index contributed by atoms with van der Waals surface area (Å²) in [4.78, 5) is 23.3. The number of fused-ring (bicyclic) bond motifs is 2. The van der Waals surface area contributed by atoms with Gasteiger partial charge in [0.1, 0.15) is 5.82 Å². The van der Waals surface area contributed by atoms with Crippen LogP contribution >= 0.6 is 0 Å². The molecule has 2 N–H and O–H groups in total. The van der Waals surface area contributed by atoms with Crippen LogP contribution in [0.25, 0.3) is 11.3 Å². The minimum atomic E-state index is -0.784. The van der Waals surface area contributed by atoms with E-state index in [1.165, 1.54) is 0 Å². The topological polar surface area (TPSA) is 84.2 Å². The number of hydrogen-bond donors (Lipinski definition) is 2. The number of anilines is 1. The van der Waals surface area contributed by atoms with Crippen molar-refractivity contribution in [2.75, 3.05) is 5.32 Å². The molecular weight excluding hydrogens is 294 g/mol. The number of aromatic nitrogens is 2. The lowest BCUT2D eigenvalue weighted by atomic mass is 9.55. The number of aliphatic carboxylic acids is 1. The predicted molar refractivity (Wildman–Crippen MR) is 83.9 cm³/mol. The molecule has 1 aromatic heterocycles. The van der Waals surface area contributed by atoms with Crippen molar-refractivity contribution in [1.82, 2.24) is 9.78 Å². The van der Waals surface area contributed by atoms with Gasteiger partial charge in [0.05, 0.1) is 11.6 Å². The van der Waals surface area contributed by atoms with Crippen LogP contribution < -0.4 is 5.32 Å². The number of benzene rings is 1. The van der Waals surface area contributed by atoms with Crippen molar-refractivity contribution in [2.24, 2.45) is 13.0 Å². The quantitative estimate of drug-likeness (QED) is 0.890. The molecule has 0 bridgehead atoms. The first-order valence-corrected chi connectivity index (χ1v) is 7.66. The average molecular weight is 311 g/mol. The zero-order valence-corrected chi connectivity index (χ0v) is 12.7. The summed E-state index contributed by atoms with van der Waals surface area (Å²) in [5.74, 6) is -0.529. The maximum atomic E-state index is 12.1. The Morgan fingerprint density at radius 1 is 1.35 bits per heavy atom. The van der Waals surface area contributed by atoms with E-state index in [-0.39, 0.29) is 11.8 Å². The van der Waals surface area contributed by atoms with Crippen LogP contribution in [0.5, 0.6) is 0 Å². The van der Waals surface area contributed by atoms with Crippen LogP contribution in [0.1, 0.15) is 24.8 Å². The van der Waals surface area contributed by atoms with Crippen molar-refractivity contribution in [3.8, 4) is 11.3 Å². The number of nitrogens with one attached hydrogen (secondary N) is 1. The fraction of sp³-hybridized carbons (Fsp3) is 0.353. The summed E-state index contributed by atoms with van der Waals surface area (Å²) in [7, 11) is 1.80. The number of aryl methyl sites for hydroxylation is 1. The van der Waals surface area contributed by atoms with Crippen molar-refractivity contribution >= 4 is 17.7 Å². The molecule has 1 aliphatic heterocycles. The molecule has 1 aliphatic carbocycles. The highest BCUT2D eigenvalue weighted by Gasteiger charge is 2.54. The second-order valence-electron chi connectivity index (χ2n) is 6.51. The van der Waals surface area contributed by atoms with E-state index in [0.29, 0.717) is 25.1 Å². The molecule has 2 aromatic rings. The fourth-order valence-corrected chi connectivity index (χ4v) is 3.95. The second kappa shape index (κ2) is 4.68. The molecule has 1 fully saturated rings. The highest BCUT2D eigenvalue weighted by molar-refractivity contribution is 5.97.